The number of piperidine rings is 1. The van der Waals surface area contributed by atoms with Gasteiger partial charge in [0.15, 0.2) is 0 Å². The number of nitrogens with zero attached hydrogens (tertiary/aromatic N) is 1. The molecule has 1 saturated heterocycles. The highest BCUT2D eigenvalue weighted by molar-refractivity contribution is 6.32. The first kappa shape index (κ1) is 12.5. The van der Waals surface area contributed by atoms with E-state index in [2.05, 4.69) is 5.32 Å². The van der Waals surface area contributed by atoms with Crippen molar-refractivity contribution >= 4 is 17.5 Å². The molecule has 0 aliphatic carbocycles. The first-order valence-electron chi connectivity index (χ1n) is 5.92. The van der Waals surface area contributed by atoms with Gasteiger partial charge < -0.3 is 14.6 Å². The lowest BCUT2D eigenvalue weighted by atomic mass is 10.0. The standard InChI is InChI=1S/C12H17ClN2O2/c1-14-8-9-4-2-3-6-15(9)12(16)10-5-7-17-11(10)13/h5,7,9,14H,2-4,6,8H2,1H3. The lowest BCUT2D eigenvalue weighted by molar-refractivity contribution is 0.0614. The summed E-state index contributed by atoms with van der Waals surface area (Å²) in [4.78, 5) is 14.2. The van der Waals surface area contributed by atoms with Crippen LogP contribution in [-0.4, -0.2) is 37.0 Å². The minimum atomic E-state index is -0.0244. The average Bonchev–Trinajstić information content (AvgIpc) is 2.76. The van der Waals surface area contributed by atoms with Crippen LogP contribution >= 0.6 is 11.6 Å². The van der Waals surface area contributed by atoms with E-state index in [1.54, 1.807) is 6.07 Å². The molecule has 0 spiro atoms. The second kappa shape index (κ2) is 5.56. The highest BCUT2D eigenvalue weighted by atomic mass is 35.5. The number of rotatable bonds is 3. The van der Waals surface area contributed by atoms with E-state index in [0.717, 1.165) is 25.9 Å². The molecule has 1 atom stereocenters. The third kappa shape index (κ3) is 2.64. The van der Waals surface area contributed by atoms with Crippen molar-refractivity contribution in [2.24, 2.45) is 0 Å². The van der Waals surface area contributed by atoms with Gasteiger partial charge >= 0.3 is 0 Å². The molecule has 2 rings (SSSR count). The average molecular weight is 257 g/mol. The molecular weight excluding hydrogens is 240 g/mol. The monoisotopic (exact) mass is 256 g/mol. The summed E-state index contributed by atoms with van der Waals surface area (Å²) >= 11 is 5.85. The van der Waals surface area contributed by atoms with Crippen molar-refractivity contribution in [2.45, 2.75) is 25.3 Å². The van der Waals surface area contributed by atoms with E-state index in [-0.39, 0.29) is 17.2 Å². The number of amides is 1. The number of likely N-dealkylation sites (N-methyl/N-ethyl adjacent to an activating group) is 1. The lowest BCUT2D eigenvalue weighted by Gasteiger charge is -2.35. The summed E-state index contributed by atoms with van der Waals surface area (Å²) in [6, 6.07) is 1.89. The highest BCUT2D eigenvalue weighted by Crippen LogP contribution is 2.23. The minimum Gasteiger partial charge on any atom is -0.452 e. The van der Waals surface area contributed by atoms with E-state index in [1.165, 1.54) is 12.7 Å². The number of halogens is 1. The van der Waals surface area contributed by atoms with Crippen molar-refractivity contribution in [3.8, 4) is 0 Å². The molecule has 5 heteroatoms. The molecule has 94 valence electrons. The maximum absolute atomic E-state index is 12.3. The molecule has 2 heterocycles. The van der Waals surface area contributed by atoms with Crippen LogP contribution in [0, 0.1) is 0 Å². The number of carbonyl (C=O) groups excluding carboxylic acids is 1. The summed E-state index contributed by atoms with van der Waals surface area (Å²) < 4.78 is 4.97. The zero-order valence-corrected chi connectivity index (χ0v) is 10.7. The molecule has 1 aromatic rings. The Labute approximate surface area is 106 Å². The molecule has 1 aliphatic rings. The Bertz CT molecular complexity index is 390. The van der Waals surface area contributed by atoms with Gasteiger partial charge in [-0.05, 0) is 44.0 Å². The van der Waals surface area contributed by atoms with Gasteiger partial charge in [-0.1, -0.05) is 0 Å². The van der Waals surface area contributed by atoms with Crippen molar-refractivity contribution in [1.29, 1.82) is 0 Å². The predicted molar refractivity (Wildman–Crippen MR) is 66.3 cm³/mol. The molecule has 1 unspecified atom stereocenters. The van der Waals surface area contributed by atoms with Crippen LogP contribution in [0.1, 0.15) is 29.6 Å². The van der Waals surface area contributed by atoms with Crippen LogP contribution < -0.4 is 5.32 Å². The molecule has 1 N–H and O–H groups in total. The topological polar surface area (TPSA) is 45.5 Å². The molecule has 0 bridgehead atoms. The van der Waals surface area contributed by atoms with E-state index < -0.39 is 0 Å². The van der Waals surface area contributed by atoms with Gasteiger partial charge in [-0.2, -0.15) is 0 Å². The van der Waals surface area contributed by atoms with E-state index >= 15 is 0 Å². The van der Waals surface area contributed by atoms with Crippen molar-refractivity contribution in [1.82, 2.24) is 10.2 Å². The van der Waals surface area contributed by atoms with Crippen molar-refractivity contribution in [3.63, 3.8) is 0 Å². The van der Waals surface area contributed by atoms with Crippen molar-refractivity contribution in [3.05, 3.63) is 23.1 Å². The van der Waals surface area contributed by atoms with Crippen LogP contribution in [0.3, 0.4) is 0 Å². The fraction of sp³-hybridized carbons (Fsp3) is 0.583. The highest BCUT2D eigenvalue weighted by Gasteiger charge is 2.28. The Morgan fingerprint density at radius 2 is 2.47 bits per heavy atom. The summed E-state index contributed by atoms with van der Waals surface area (Å²) in [5, 5.41) is 3.32. The van der Waals surface area contributed by atoms with Crippen LogP contribution in [0.15, 0.2) is 16.7 Å². The summed E-state index contributed by atoms with van der Waals surface area (Å²) in [6.45, 7) is 1.62. The lowest BCUT2D eigenvalue weighted by Crippen LogP contribution is -2.48. The third-order valence-electron chi connectivity index (χ3n) is 3.18. The number of carbonyl (C=O) groups is 1. The summed E-state index contributed by atoms with van der Waals surface area (Å²) in [5.74, 6) is -0.0244. The molecule has 1 aromatic heterocycles. The zero-order chi connectivity index (χ0) is 12.3. The first-order chi connectivity index (χ1) is 8.24. The smallest absolute Gasteiger partial charge is 0.259 e. The summed E-state index contributed by atoms with van der Waals surface area (Å²) in [7, 11) is 1.90. The van der Waals surface area contributed by atoms with Gasteiger partial charge in [-0.15, -0.1) is 0 Å². The SMILES string of the molecule is CNCC1CCCCN1C(=O)c1ccoc1Cl. The second-order valence-corrected chi connectivity index (χ2v) is 4.66. The molecule has 0 saturated carbocycles. The molecule has 1 fully saturated rings. The Balaban J connectivity index is 2.14. The normalized spacial score (nSPS) is 20.6. The van der Waals surface area contributed by atoms with Gasteiger partial charge in [0, 0.05) is 19.1 Å². The van der Waals surface area contributed by atoms with Gasteiger partial charge in [0.05, 0.1) is 11.8 Å². The van der Waals surface area contributed by atoms with Crippen molar-refractivity contribution < 1.29 is 9.21 Å². The fourth-order valence-electron chi connectivity index (χ4n) is 2.32. The zero-order valence-electron chi connectivity index (χ0n) is 9.91. The van der Waals surface area contributed by atoms with Crippen LogP contribution in [-0.2, 0) is 0 Å². The third-order valence-corrected chi connectivity index (χ3v) is 3.47. The Morgan fingerprint density at radius 3 is 3.12 bits per heavy atom. The van der Waals surface area contributed by atoms with Gasteiger partial charge in [0.2, 0.25) is 5.22 Å². The number of hydrogen-bond acceptors (Lipinski definition) is 3. The van der Waals surface area contributed by atoms with Gasteiger partial charge in [-0.3, -0.25) is 4.79 Å². The quantitative estimate of drug-likeness (QED) is 0.901. The predicted octanol–water partition coefficient (Wildman–Crippen LogP) is 2.15. The Morgan fingerprint density at radius 1 is 1.65 bits per heavy atom. The molecule has 17 heavy (non-hydrogen) atoms. The molecule has 0 radical (unpaired) electrons. The van der Waals surface area contributed by atoms with E-state index in [9.17, 15) is 4.79 Å². The van der Waals surface area contributed by atoms with Crippen molar-refractivity contribution in [2.75, 3.05) is 20.1 Å². The fourth-order valence-corrected chi connectivity index (χ4v) is 2.51. The number of nitrogens with one attached hydrogen (secondary N) is 1. The molecular formula is C12H17ClN2O2. The molecule has 0 aromatic carbocycles. The Hall–Kier alpha value is -1.00. The van der Waals surface area contributed by atoms with Crippen LogP contribution in [0.25, 0.3) is 0 Å². The maximum atomic E-state index is 12.3. The maximum Gasteiger partial charge on any atom is 0.259 e. The number of likely N-dealkylation sites (tertiary alicyclic amines) is 1. The van der Waals surface area contributed by atoms with Gasteiger partial charge in [0.25, 0.3) is 5.91 Å². The van der Waals surface area contributed by atoms with E-state index in [1.807, 2.05) is 11.9 Å². The van der Waals surface area contributed by atoms with Crippen LogP contribution in [0.2, 0.25) is 5.22 Å². The largest absolute Gasteiger partial charge is 0.452 e. The molecule has 1 aliphatic heterocycles. The summed E-state index contributed by atoms with van der Waals surface area (Å²) in [6.07, 6.45) is 4.73. The Kier molecular flexibility index (Phi) is 4.07. The van der Waals surface area contributed by atoms with E-state index in [0.29, 0.717) is 5.56 Å². The molecule has 4 nitrogen and oxygen atoms in total. The number of hydrogen-bond donors (Lipinski definition) is 1. The first-order valence-corrected chi connectivity index (χ1v) is 6.30. The van der Waals surface area contributed by atoms with Gasteiger partial charge in [0.1, 0.15) is 0 Å². The number of furan rings is 1. The van der Waals surface area contributed by atoms with Gasteiger partial charge in [-0.25, -0.2) is 0 Å². The summed E-state index contributed by atoms with van der Waals surface area (Å²) in [5.41, 5.74) is 0.467. The second-order valence-electron chi connectivity index (χ2n) is 4.31. The van der Waals surface area contributed by atoms with Crippen LogP contribution in [0.5, 0.6) is 0 Å². The minimum absolute atomic E-state index is 0.0244. The van der Waals surface area contributed by atoms with Crippen LogP contribution in [0.4, 0.5) is 0 Å². The van der Waals surface area contributed by atoms with E-state index in [4.69, 9.17) is 16.0 Å². The molecule has 1 amide bonds.